The second-order valence-electron chi connectivity index (χ2n) is 5.05. The number of benzene rings is 1. The van der Waals surface area contributed by atoms with E-state index in [0.717, 1.165) is 38.1 Å². The van der Waals surface area contributed by atoms with Crippen LogP contribution < -0.4 is 16.0 Å². The van der Waals surface area contributed by atoms with Gasteiger partial charge in [0.1, 0.15) is 0 Å². The molecule has 0 aromatic heterocycles. The van der Waals surface area contributed by atoms with Gasteiger partial charge in [-0.25, -0.2) is 4.79 Å². The fourth-order valence-corrected chi connectivity index (χ4v) is 2.24. The molecule has 0 aliphatic carbocycles. The fraction of sp³-hybridized carbons (Fsp3) is 0.500. The van der Waals surface area contributed by atoms with Crippen LogP contribution in [0.25, 0.3) is 0 Å². The third-order valence-electron chi connectivity index (χ3n) is 3.38. The number of alkyl halides is 3. The topological polar surface area (TPSA) is 53.2 Å². The van der Waals surface area contributed by atoms with E-state index in [1.54, 1.807) is 6.07 Å². The molecule has 1 aliphatic heterocycles. The second-order valence-corrected chi connectivity index (χ2v) is 5.05. The van der Waals surface area contributed by atoms with Gasteiger partial charge in [0.25, 0.3) is 0 Å². The molecule has 7 heteroatoms. The quantitative estimate of drug-likeness (QED) is 0.802. The van der Waals surface area contributed by atoms with Crippen molar-refractivity contribution in [3.05, 3.63) is 35.4 Å². The van der Waals surface area contributed by atoms with Gasteiger partial charge in [-0.1, -0.05) is 12.1 Å². The molecule has 4 nitrogen and oxygen atoms in total. The van der Waals surface area contributed by atoms with Gasteiger partial charge in [-0.05, 0) is 43.6 Å². The molecule has 116 valence electrons. The van der Waals surface area contributed by atoms with Crippen molar-refractivity contribution in [1.82, 2.24) is 16.0 Å². The van der Waals surface area contributed by atoms with E-state index in [2.05, 4.69) is 16.0 Å². The van der Waals surface area contributed by atoms with Crippen LogP contribution in [-0.2, 0) is 12.7 Å². The average molecular weight is 301 g/mol. The standard InChI is InChI=1S/C14H18F3N3O/c15-14(16,17)11-3-1-2-10(8-11)9-19-13(21)20-12-4-6-18-7-5-12/h1-3,8,12,18H,4-7,9H2,(H2,19,20,21). The van der Waals surface area contributed by atoms with Crippen molar-refractivity contribution in [2.75, 3.05) is 13.1 Å². The van der Waals surface area contributed by atoms with Crippen LogP contribution >= 0.6 is 0 Å². The SMILES string of the molecule is O=C(NCc1cccc(C(F)(F)F)c1)NC1CCNCC1. The highest BCUT2D eigenvalue weighted by molar-refractivity contribution is 5.74. The van der Waals surface area contributed by atoms with Crippen molar-refractivity contribution in [1.29, 1.82) is 0 Å². The summed E-state index contributed by atoms with van der Waals surface area (Å²) in [6.45, 7) is 1.79. The van der Waals surface area contributed by atoms with E-state index in [1.165, 1.54) is 6.07 Å². The van der Waals surface area contributed by atoms with Gasteiger partial charge in [0.2, 0.25) is 0 Å². The molecule has 2 rings (SSSR count). The van der Waals surface area contributed by atoms with Crippen LogP contribution in [0.2, 0.25) is 0 Å². The van der Waals surface area contributed by atoms with Crippen molar-refractivity contribution in [2.45, 2.75) is 31.6 Å². The molecular formula is C14H18F3N3O. The average Bonchev–Trinajstić information content (AvgIpc) is 2.46. The summed E-state index contributed by atoms with van der Waals surface area (Å²) >= 11 is 0. The summed E-state index contributed by atoms with van der Waals surface area (Å²) in [7, 11) is 0. The van der Waals surface area contributed by atoms with Crippen LogP contribution in [0.5, 0.6) is 0 Å². The first-order valence-corrected chi connectivity index (χ1v) is 6.86. The molecule has 1 fully saturated rings. The molecule has 0 spiro atoms. The van der Waals surface area contributed by atoms with E-state index in [0.29, 0.717) is 5.56 Å². The van der Waals surface area contributed by atoms with Gasteiger partial charge < -0.3 is 16.0 Å². The van der Waals surface area contributed by atoms with Gasteiger partial charge in [-0.3, -0.25) is 0 Å². The Morgan fingerprint density at radius 3 is 2.67 bits per heavy atom. The molecule has 1 aliphatic rings. The normalized spacial score (nSPS) is 16.5. The summed E-state index contributed by atoms with van der Waals surface area (Å²) in [5.41, 5.74) is -0.286. The van der Waals surface area contributed by atoms with E-state index in [4.69, 9.17) is 0 Å². The van der Waals surface area contributed by atoms with E-state index < -0.39 is 11.7 Å². The molecule has 0 bridgehead atoms. The molecule has 0 saturated carbocycles. The van der Waals surface area contributed by atoms with Crippen molar-refractivity contribution in [2.24, 2.45) is 0 Å². The summed E-state index contributed by atoms with van der Waals surface area (Å²) in [5, 5.41) is 8.60. The number of amides is 2. The maximum atomic E-state index is 12.6. The highest BCUT2D eigenvalue weighted by atomic mass is 19.4. The van der Waals surface area contributed by atoms with Crippen molar-refractivity contribution in [3.63, 3.8) is 0 Å². The van der Waals surface area contributed by atoms with Gasteiger partial charge in [0.05, 0.1) is 5.56 Å². The lowest BCUT2D eigenvalue weighted by molar-refractivity contribution is -0.137. The number of hydrogen-bond acceptors (Lipinski definition) is 2. The predicted octanol–water partition coefficient (Wildman–Crippen LogP) is 2.26. The molecule has 1 aromatic carbocycles. The summed E-state index contributed by atoms with van der Waals surface area (Å²) in [6.07, 6.45) is -2.65. The largest absolute Gasteiger partial charge is 0.416 e. The van der Waals surface area contributed by atoms with Gasteiger partial charge in [0, 0.05) is 12.6 Å². The van der Waals surface area contributed by atoms with E-state index in [1.807, 2.05) is 0 Å². The van der Waals surface area contributed by atoms with Crippen molar-refractivity contribution in [3.8, 4) is 0 Å². The summed E-state index contributed by atoms with van der Waals surface area (Å²) in [5.74, 6) is 0. The number of halogens is 3. The monoisotopic (exact) mass is 301 g/mol. The van der Waals surface area contributed by atoms with Crippen LogP contribution in [0.4, 0.5) is 18.0 Å². The predicted molar refractivity (Wildman–Crippen MR) is 72.7 cm³/mol. The minimum absolute atomic E-state index is 0.0702. The van der Waals surface area contributed by atoms with Crippen LogP contribution in [-0.4, -0.2) is 25.2 Å². The molecule has 0 radical (unpaired) electrons. The Hall–Kier alpha value is -1.76. The third kappa shape index (κ3) is 4.93. The molecule has 0 unspecified atom stereocenters. The number of carbonyl (C=O) groups is 1. The molecule has 1 heterocycles. The summed E-state index contributed by atoms with van der Waals surface area (Å²) in [4.78, 5) is 11.7. The summed E-state index contributed by atoms with van der Waals surface area (Å²) in [6, 6.07) is 4.72. The molecular weight excluding hydrogens is 283 g/mol. The number of carbonyl (C=O) groups excluding carboxylic acids is 1. The first kappa shape index (κ1) is 15.6. The van der Waals surface area contributed by atoms with Gasteiger partial charge >= 0.3 is 12.2 Å². The van der Waals surface area contributed by atoms with Crippen molar-refractivity contribution >= 4 is 6.03 Å². The zero-order chi connectivity index (χ0) is 15.3. The zero-order valence-electron chi connectivity index (χ0n) is 11.5. The van der Waals surface area contributed by atoms with Gasteiger partial charge in [-0.15, -0.1) is 0 Å². The highest BCUT2D eigenvalue weighted by Crippen LogP contribution is 2.29. The van der Waals surface area contributed by atoms with Crippen LogP contribution in [0.15, 0.2) is 24.3 Å². The lowest BCUT2D eigenvalue weighted by Crippen LogP contribution is -2.46. The lowest BCUT2D eigenvalue weighted by atomic mass is 10.1. The second kappa shape index (κ2) is 6.80. The Kier molecular flexibility index (Phi) is 5.06. The Labute approximate surface area is 121 Å². The minimum atomic E-state index is -4.37. The Morgan fingerprint density at radius 2 is 2.00 bits per heavy atom. The smallest absolute Gasteiger partial charge is 0.335 e. The molecule has 3 N–H and O–H groups in total. The number of hydrogen-bond donors (Lipinski definition) is 3. The molecule has 21 heavy (non-hydrogen) atoms. The molecule has 1 aromatic rings. The fourth-order valence-electron chi connectivity index (χ4n) is 2.24. The molecule has 1 saturated heterocycles. The maximum absolute atomic E-state index is 12.6. The Bertz CT molecular complexity index is 485. The first-order chi connectivity index (χ1) is 9.95. The van der Waals surface area contributed by atoms with E-state index in [9.17, 15) is 18.0 Å². The minimum Gasteiger partial charge on any atom is -0.335 e. The summed E-state index contributed by atoms with van der Waals surface area (Å²) < 4.78 is 37.7. The number of nitrogens with one attached hydrogen (secondary N) is 3. The molecule has 0 atom stereocenters. The Balaban J connectivity index is 1.83. The maximum Gasteiger partial charge on any atom is 0.416 e. The zero-order valence-corrected chi connectivity index (χ0v) is 11.5. The van der Waals surface area contributed by atoms with Crippen LogP contribution in [0, 0.1) is 0 Å². The van der Waals surface area contributed by atoms with E-state index in [-0.39, 0.29) is 18.6 Å². The van der Waals surface area contributed by atoms with E-state index >= 15 is 0 Å². The Morgan fingerprint density at radius 1 is 1.29 bits per heavy atom. The van der Waals surface area contributed by atoms with Crippen LogP contribution in [0.1, 0.15) is 24.0 Å². The number of piperidine rings is 1. The highest BCUT2D eigenvalue weighted by Gasteiger charge is 2.30. The lowest BCUT2D eigenvalue weighted by Gasteiger charge is -2.23. The van der Waals surface area contributed by atoms with Crippen molar-refractivity contribution < 1.29 is 18.0 Å². The van der Waals surface area contributed by atoms with Gasteiger partial charge in [-0.2, -0.15) is 13.2 Å². The first-order valence-electron chi connectivity index (χ1n) is 6.86. The number of rotatable bonds is 3. The number of urea groups is 1. The molecule has 2 amide bonds. The third-order valence-corrected chi connectivity index (χ3v) is 3.38. The van der Waals surface area contributed by atoms with Crippen LogP contribution in [0.3, 0.4) is 0 Å². The van der Waals surface area contributed by atoms with Gasteiger partial charge in [0.15, 0.2) is 0 Å².